The molecule has 1 N–H and O–H groups in total. The van der Waals surface area contributed by atoms with Gasteiger partial charge < -0.3 is 10.0 Å². The van der Waals surface area contributed by atoms with Crippen LogP contribution in [-0.4, -0.2) is 18.2 Å². The Balaban J connectivity index is 2.15. The van der Waals surface area contributed by atoms with Gasteiger partial charge in [0, 0.05) is 23.2 Å². The molecule has 1 saturated carbocycles. The lowest BCUT2D eigenvalue weighted by atomic mass is 9.94. The Morgan fingerprint density at radius 1 is 1.28 bits per heavy atom. The van der Waals surface area contributed by atoms with Crippen molar-refractivity contribution in [2.45, 2.75) is 51.2 Å². The van der Waals surface area contributed by atoms with Crippen molar-refractivity contribution in [2.24, 2.45) is 0 Å². The molecule has 0 bridgehead atoms. The summed E-state index contributed by atoms with van der Waals surface area (Å²) in [5.74, 6) is 0. The number of nitrogens with zero attached hydrogens (tertiary/aromatic N) is 1. The highest BCUT2D eigenvalue weighted by Crippen LogP contribution is 2.31. The third-order valence-corrected chi connectivity index (χ3v) is 4.65. The van der Waals surface area contributed by atoms with Gasteiger partial charge in [-0.1, -0.05) is 41.3 Å². The van der Waals surface area contributed by atoms with E-state index >= 15 is 0 Å². The van der Waals surface area contributed by atoms with Gasteiger partial charge in [0.1, 0.15) is 0 Å². The van der Waals surface area contributed by atoms with Gasteiger partial charge in [-0.2, -0.15) is 0 Å². The van der Waals surface area contributed by atoms with Crippen LogP contribution in [0.25, 0.3) is 0 Å². The van der Waals surface area contributed by atoms with E-state index in [1.54, 1.807) is 6.92 Å². The topological polar surface area (TPSA) is 23.5 Å². The minimum Gasteiger partial charge on any atom is -0.389 e. The fourth-order valence-electron chi connectivity index (χ4n) is 2.75. The first-order chi connectivity index (χ1) is 8.59. The van der Waals surface area contributed by atoms with Gasteiger partial charge in [0.15, 0.2) is 0 Å². The number of rotatable bonds is 3. The molecule has 1 aliphatic rings. The third-order valence-electron chi connectivity index (χ3n) is 3.96. The zero-order valence-corrected chi connectivity index (χ0v) is 12.8. The molecule has 0 spiro atoms. The average molecular weight is 312 g/mol. The van der Waals surface area contributed by atoms with Crippen molar-refractivity contribution >= 4 is 21.6 Å². The Kier molecular flexibility index (Phi) is 4.68. The van der Waals surface area contributed by atoms with Crippen molar-refractivity contribution in [2.75, 3.05) is 11.9 Å². The summed E-state index contributed by atoms with van der Waals surface area (Å²) in [5.41, 5.74) is 2.19. The van der Waals surface area contributed by atoms with Gasteiger partial charge in [-0.25, -0.2) is 0 Å². The lowest BCUT2D eigenvalue weighted by molar-refractivity contribution is 0.198. The van der Waals surface area contributed by atoms with Crippen LogP contribution in [0.1, 0.15) is 50.7 Å². The second-order valence-corrected chi connectivity index (χ2v) is 6.14. The minimum atomic E-state index is -0.423. The molecule has 0 amide bonds. The first-order valence-electron chi connectivity index (χ1n) is 6.80. The highest BCUT2D eigenvalue weighted by molar-refractivity contribution is 9.10. The van der Waals surface area contributed by atoms with Crippen molar-refractivity contribution in [3.63, 3.8) is 0 Å². The number of anilines is 1. The molecule has 0 aliphatic heterocycles. The standard InChI is InChI=1S/C15H22BrNO/c1-11(18)14-9-8-13(10-15(14)16)17(2)12-6-4-3-5-7-12/h8-12,18H,3-7H2,1-2H3/t11-/m1/s1. The average Bonchev–Trinajstić information content (AvgIpc) is 2.38. The van der Waals surface area contributed by atoms with Gasteiger partial charge in [-0.15, -0.1) is 0 Å². The molecule has 1 aromatic carbocycles. The van der Waals surface area contributed by atoms with Crippen LogP contribution in [0.2, 0.25) is 0 Å². The molecule has 100 valence electrons. The van der Waals surface area contributed by atoms with Crippen LogP contribution in [0.5, 0.6) is 0 Å². The van der Waals surface area contributed by atoms with Crippen LogP contribution in [0.15, 0.2) is 22.7 Å². The van der Waals surface area contributed by atoms with E-state index in [0.29, 0.717) is 6.04 Å². The van der Waals surface area contributed by atoms with E-state index in [1.165, 1.54) is 37.8 Å². The molecule has 1 atom stereocenters. The maximum absolute atomic E-state index is 9.64. The van der Waals surface area contributed by atoms with Crippen molar-refractivity contribution in [1.29, 1.82) is 0 Å². The Morgan fingerprint density at radius 2 is 1.94 bits per heavy atom. The number of halogens is 1. The summed E-state index contributed by atoms with van der Waals surface area (Å²) < 4.78 is 0.998. The van der Waals surface area contributed by atoms with Crippen molar-refractivity contribution in [1.82, 2.24) is 0 Å². The molecular formula is C15H22BrNO. The van der Waals surface area contributed by atoms with E-state index in [2.05, 4.69) is 40.0 Å². The first-order valence-corrected chi connectivity index (χ1v) is 7.59. The van der Waals surface area contributed by atoms with E-state index < -0.39 is 6.10 Å². The van der Waals surface area contributed by atoms with E-state index in [9.17, 15) is 5.11 Å². The van der Waals surface area contributed by atoms with Gasteiger partial charge in [0.05, 0.1) is 6.10 Å². The molecular weight excluding hydrogens is 290 g/mol. The number of hydrogen-bond donors (Lipinski definition) is 1. The van der Waals surface area contributed by atoms with E-state index in [4.69, 9.17) is 0 Å². The second kappa shape index (κ2) is 6.07. The van der Waals surface area contributed by atoms with E-state index in [-0.39, 0.29) is 0 Å². The molecule has 1 aliphatic carbocycles. The summed E-state index contributed by atoms with van der Waals surface area (Å²) in [6.07, 6.45) is 6.26. The van der Waals surface area contributed by atoms with Gasteiger partial charge >= 0.3 is 0 Å². The van der Waals surface area contributed by atoms with Gasteiger partial charge in [0.2, 0.25) is 0 Å². The molecule has 2 rings (SSSR count). The zero-order valence-electron chi connectivity index (χ0n) is 11.2. The predicted molar refractivity (Wildman–Crippen MR) is 80.1 cm³/mol. The van der Waals surface area contributed by atoms with Crippen molar-refractivity contribution < 1.29 is 5.11 Å². The molecule has 1 aromatic rings. The summed E-state index contributed by atoms with van der Waals surface area (Å²) in [6, 6.07) is 6.92. The van der Waals surface area contributed by atoms with Crippen LogP contribution in [-0.2, 0) is 0 Å². The molecule has 0 radical (unpaired) electrons. The first kappa shape index (κ1) is 13.9. The van der Waals surface area contributed by atoms with Crippen LogP contribution in [0, 0.1) is 0 Å². The Labute approximate surface area is 118 Å². The van der Waals surface area contributed by atoms with Gasteiger partial charge in [-0.3, -0.25) is 0 Å². The van der Waals surface area contributed by atoms with E-state index in [1.807, 2.05) is 6.07 Å². The molecule has 2 nitrogen and oxygen atoms in total. The van der Waals surface area contributed by atoms with Crippen LogP contribution >= 0.6 is 15.9 Å². The smallest absolute Gasteiger partial charge is 0.0772 e. The van der Waals surface area contributed by atoms with Crippen LogP contribution in [0.3, 0.4) is 0 Å². The monoisotopic (exact) mass is 311 g/mol. The van der Waals surface area contributed by atoms with Crippen molar-refractivity contribution in [3.05, 3.63) is 28.2 Å². The molecule has 0 saturated heterocycles. The maximum atomic E-state index is 9.64. The Morgan fingerprint density at radius 3 is 2.50 bits per heavy atom. The number of benzene rings is 1. The largest absolute Gasteiger partial charge is 0.389 e. The van der Waals surface area contributed by atoms with Gasteiger partial charge in [0.25, 0.3) is 0 Å². The quantitative estimate of drug-likeness (QED) is 0.901. The molecule has 1 fully saturated rings. The summed E-state index contributed by atoms with van der Waals surface area (Å²) in [6.45, 7) is 1.80. The minimum absolute atomic E-state index is 0.423. The molecule has 18 heavy (non-hydrogen) atoms. The maximum Gasteiger partial charge on any atom is 0.0772 e. The lowest BCUT2D eigenvalue weighted by Gasteiger charge is -2.33. The molecule has 0 heterocycles. The molecule has 0 aromatic heterocycles. The summed E-state index contributed by atoms with van der Waals surface area (Å²) >= 11 is 3.55. The van der Waals surface area contributed by atoms with Gasteiger partial charge in [-0.05, 0) is 37.5 Å². The summed E-state index contributed by atoms with van der Waals surface area (Å²) in [7, 11) is 2.18. The molecule has 0 unspecified atom stereocenters. The third kappa shape index (κ3) is 3.07. The Hall–Kier alpha value is -0.540. The second-order valence-electron chi connectivity index (χ2n) is 5.28. The number of aliphatic hydroxyl groups excluding tert-OH is 1. The fraction of sp³-hybridized carbons (Fsp3) is 0.600. The predicted octanol–water partition coefficient (Wildman–Crippen LogP) is 4.27. The number of hydrogen-bond acceptors (Lipinski definition) is 2. The Bertz CT molecular complexity index is 399. The number of aliphatic hydroxyl groups is 1. The lowest BCUT2D eigenvalue weighted by Crippen LogP contribution is -2.33. The summed E-state index contributed by atoms with van der Waals surface area (Å²) in [5, 5.41) is 9.64. The fourth-order valence-corrected chi connectivity index (χ4v) is 3.45. The summed E-state index contributed by atoms with van der Waals surface area (Å²) in [4.78, 5) is 2.38. The van der Waals surface area contributed by atoms with Crippen LogP contribution in [0.4, 0.5) is 5.69 Å². The van der Waals surface area contributed by atoms with Crippen LogP contribution < -0.4 is 4.90 Å². The van der Waals surface area contributed by atoms with Crippen molar-refractivity contribution in [3.8, 4) is 0 Å². The molecule has 3 heteroatoms. The highest BCUT2D eigenvalue weighted by Gasteiger charge is 2.19. The van der Waals surface area contributed by atoms with E-state index in [0.717, 1.165) is 10.0 Å². The zero-order chi connectivity index (χ0) is 13.1. The highest BCUT2D eigenvalue weighted by atomic mass is 79.9. The SMILES string of the molecule is C[C@@H](O)c1ccc(N(C)C2CCCCC2)cc1Br. The normalized spacial score (nSPS) is 18.7.